The van der Waals surface area contributed by atoms with Gasteiger partial charge in [0.05, 0.1) is 18.8 Å². The van der Waals surface area contributed by atoms with Gasteiger partial charge in [-0.15, -0.1) is 12.4 Å². The first-order valence-corrected chi connectivity index (χ1v) is 9.06. The number of rotatable bonds is 9. The number of ketones is 1. The van der Waals surface area contributed by atoms with Gasteiger partial charge in [-0.25, -0.2) is 0 Å². The summed E-state index contributed by atoms with van der Waals surface area (Å²) in [5, 5.41) is 2.79. The topological polar surface area (TPSA) is 90.7 Å². The van der Waals surface area contributed by atoms with Crippen molar-refractivity contribution in [1.82, 2.24) is 5.32 Å². The van der Waals surface area contributed by atoms with Gasteiger partial charge in [-0.2, -0.15) is 0 Å². The second kappa shape index (κ2) is 11.3. The van der Waals surface area contributed by atoms with Gasteiger partial charge in [0, 0.05) is 23.7 Å². The van der Waals surface area contributed by atoms with Crippen LogP contribution < -0.4 is 20.5 Å². The second-order valence-corrected chi connectivity index (χ2v) is 6.01. The third kappa shape index (κ3) is 5.71. The van der Waals surface area contributed by atoms with E-state index in [1.54, 1.807) is 42.5 Å². The van der Waals surface area contributed by atoms with Crippen LogP contribution in [-0.4, -0.2) is 37.5 Å². The number of ether oxygens (including phenoxy) is 2. The molecule has 0 bridgehead atoms. The van der Waals surface area contributed by atoms with Crippen LogP contribution in [0.4, 0.5) is 0 Å². The smallest absolute Gasteiger partial charge is 0.252 e. The first-order valence-electron chi connectivity index (χ1n) is 9.06. The standard InChI is InChI=1S/C21H26N2O4.ClH/c1-4-26-18-11-10-15(12-19(18)27-5-2)20(24)16-8-6-7-9-17(16)21(25)23-14(3)13-22;/h6-12,14H,4-5,13,22H2,1-3H3,(H,23,25);1H/t14-;/m0./s1. The Morgan fingerprint density at radius 3 is 2.21 bits per heavy atom. The average Bonchev–Trinajstić information content (AvgIpc) is 2.69. The molecule has 0 heterocycles. The molecule has 0 unspecified atom stereocenters. The maximum absolute atomic E-state index is 13.1. The molecule has 7 heteroatoms. The van der Waals surface area contributed by atoms with Crippen molar-refractivity contribution < 1.29 is 19.1 Å². The van der Waals surface area contributed by atoms with Crippen LogP contribution in [-0.2, 0) is 0 Å². The van der Waals surface area contributed by atoms with E-state index in [1.807, 2.05) is 20.8 Å². The van der Waals surface area contributed by atoms with E-state index in [0.29, 0.717) is 47.9 Å². The van der Waals surface area contributed by atoms with E-state index in [2.05, 4.69) is 5.32 Å². The molecule has 0 aliphatic heterocycles. The Labute approximate surface area is 171 Å². The highest BCUT2D eigenvalue weighted by Gasteiger charge is 2.20. The maximum Gasteiger partial charge on any atom is 0.252 e. The second-order valence-electron chi connectivity index (χ2n) is 6.01. The zero-order valence-corrected chi connectivity index (χ0v) is 17.2. The zero-order chi connectivity index (χ0) is 19.8. The monoisotopic (exact) mass is 406 g/mol. The van der Waals surface area contributed by atoms with E-state index >= 15 is 0 Å². The Kier molecular flexibility index (Phi) is 9.48. The van der Waals surface area contributed by atoms with Crippen molar-refractivity contribution >= 4 is 24.1 Å². The van der Waals surface area contributed by atoms with Crippen LogP contribution in [0.5, 0.6) is 11.5 Å². The molecule has 0 saturated carbocycles. The minimum Gasteiger partial charge on any atom is -0.490 e. The van der Waals surface area contributed by atoms with Crippen LogP contribution in [0, 0.1) is 0 Å². The lowest BCUT2D eigenvalue weighted by atomic mass is 9.97. The zero-order valence-electron chi connectivity index (χ0n) is 16.4. The van der Waals surface area contributed by atoms with Gasteiger partial charge < -0.3 is 20.5 Å². The van der Waals surface area contributed by atoms with Crippen molar-refractivity contribution in [3.05, 3.63) is 59.2 Å². The number of nitrogens with two attached hydrogens (primary N) is 1. The largest absolute Gasteiger partial charge is 0.490 e. The van der Waals surface area contributed by atoms with Crippen molar-refractivity contribution in [1.29, 1.82) is 0 Å². The van der Waals surface area contributed by atoms with Gasteiger partial charge in [-0.3, -0.25) is 9.59 Å². The van der Waals surface area contributed by atoms with Gasteiger partial charge in [0.25, 0.3) is 5.91 Å². The van der Waals surface area contributed by atoms with Crippen LogP contribution in [0.25, 0.3) is 0 Å². The minimum absolute atomic E-state index is 0. The molecule has 2 aromatic carbocycles. The summed E-state index contributed by atoms with van der Waals surface area (Å²) >= 11 is 0. The summed E-state index contributed by atoms with van der Waals surface area (Å²) in [7, 11) is 0. The number of nitrogens with one attached hydrogen (secondary N) is 1. The Hall–Kier alpha value is -2.57. The van der Waals surface area contributed by atoms with Crippen LogP contribution >= 0.6 is 12.4 Å². The number of benzene rings is 2. The predicted octanol–water partition coefficient (Wildman–Crippen LogP) is 3.21. The molecule has 2 aromatic rings. The Morgan fingerprint density at radius 1 is 1.00 bits per heavy atom. The summed E-state index contributed by atoms with van der Waals surface area (Å²) < 4.78 is 11.1. The third-order valence-corrected chi connectivity index (χ3v) is 3.95. The van der Waals surface area contributed by atoms with Crippen molar-refractivity contribution in [3.8, 4) is 11.5 Å². The number of carbonyl (C=O) groups excluding carboxylic acids is 2. The fourth-order valence-corrected chi connectivity index (χ4v) is 2.59. The minimum atomic E-state index is -0.326. The van der Waals surface area contributed by atoms with Crippen molar-refractivity contribution in [3.63, 3.8) is 0 Å². The molecule has 3 N–H and O–H groups in total. The molecule has 6 nitrogen and oxygen atoms in total. The molecule has 0 spiro atoms. The molecule has 28 heavy (non-hydrogen) atoms. The SMILES string of the molecule is CCOc1ccc(C(=O)c2ccccc2C(=O)N[C@@H](C)CN)cc1OCC.Cl. The number of halogens is 1. The third-order valence-electron chi connectivity index (χ3n) is 3.95. The molecule has 0 radical (unpaired) electrons. The van der Waals surface area contributed by atoms with Crippen molar-refractivity contribution in [2.45, 2.75) is 26.8 Å². The Bertz CT molecular complexity index is 811. The summed E-state index contributed by atoms with van der Waals surface area (Å²) in [6, 6.07) is 11.6. The van der Waals surface area contributed by atoms with Gasteiger partial charge in [0.2, 0.25) is 0 Å². The van der Waals surface area contributed by atoms with E-state index in [1.165, 1.54) is 0 Å². The number of carbonyl (C=O) groups is 2. The van der Waals surface area contributed by atoms with E-state index in [0.717, 1.165) is 0 Å². The lowest BCUT2D eigenvalue weighted by Gasteiger charge is -2.15. The summed E-state index contributed by atoms with van der Waals surface area (Å²) in [4.78, 5) is 25.6. The molecule has 1 amide bonds. The summed E-state index contributed by atoms with van der Waals surface area (Å²) in [6.45, 7) is 6.82. The fourth-order valence-electron chi connectivity index (χ4n) is 2.59. The van der Waals surface area contributed by atoms with E-state index < -0.39 is 0 Å². The van der Waals surface area contributed by atoms with Gasteiger partial charge in [0.1, 0.15) is 0 Å². The van der Waals surface area contributed by atoms with E-state index in [-0.39, 0.29) is 30.1 Å². The van der Waals surface area contributed by atoms with Gasteiger partial charge >= 0.3 is 0 Å². The highest BCUT2D eigenvalue weighted by molar-refractivity contribution is 6.15. The summed E-state index contributed by atoms with van der Waals surface area (Å²) in [5.41, 5.74) is 6.63. The molecule has 0 fully saturated rings. The number of amides is 1. The first-order chi connectivity index (χ1) is 13.0. The van der Waals surface area contributed by atoms with Crippen molar-refractivity contribution in [2.24, 2.45) is 5.73 Å². The molecule has 0 saturated heterocycles. The molecule has 0 aliphatic rings. The van der Waals surface area contributed by atoms with E-state index in [9.17, 15) is 9.59 Å². The number of hydrogen-bond donors (Lipinski definition) is 2. The maximum atomic E-state index is 13.1. The highest BCUT2D eigenvalue weighted by Crippen LogP contribution is 2.29. The molecule has 0 aliphatic carbocycles. The highest BCUT2D eigenvalue weighted by atomic mass is 35.5. The lowest BCUT2D eigenvalue weighted by Crippen LogP contribution is -2.38. The predicted molar refractivity (Wildman–Crippen MR) is 112 cm³/mol. The normalized spacial score (nSPS) is 11.1. The van der Waals surface area contributed by atoms with E-state index in [4.69, 9.17) is 15.2 Å². The summed E-state index contributed by atoms with van der Waals surface area (Å²) in [5.74, 6) is 0.501. The van der Waals surface area contributed by atoms with Crippen LogP contribution in [0.15, 0.2) is 42.5 Å². The quantitative estimate of drug-likeness (QED) is 0.624. The van der Waals surface area contributed by atoms with Crippen molar-refractivity contribution in [2.75, 3.05) is 19.8 Å². The molecular formula is C21H27ClN2O4. The molecular weight excluding hydrogens is 380 g/mol. The summed E-state index contributed by atoms with van der Waals surface area (Å²) in [6.07, 6.45) is 0. The van der Waals surface area contributed by atoms with Crippen LogP contribution in [0.1, 0.15) is 47.1 Å². The van der Waals surface area contributed by atoms with Crippen LogP contribution in [0.2, 0.25) is 0 Å². The van der Waals surface area contributed by atoms with Gasteiger partial charge in [0.15, 0.2) is 17.3 Å². The number of hydrogen-bond acceptors (Lipinski definition) is 5. The van der Waals surface area contributed by atoms with Crippen LogP contribution in [0.3, 0.4) is 0 Å². The first kappa shape index (κ1) is 23.5. The Morgan fingerprint density at radius 2 is 1.61 bits per heavy atom. The molecule has 0 aromatic heterocycles. The average molecular weight is 407 g/mol. The Balaban J connectivity index is 0.00000392. The molecule has 1 atom stereocenters. The van der Waals surface area contributed by atoms with Gasteiger partial charge in [-0.05, 0) is 45.0 Å². The fraction of sp³-hybridized carbons (Fsp3) is 0.333. The lowest BCUT2D eigenvalue weighted by molar-refractivity contribution is 0.0931. The van der Waals surface area contributed by atoms with Gasteiger partial charge in [-0.1, -0.05) is 18.2 Å². The molecule has 152 valence electrons. The molecule has 2 rings (SSSR count).